The summed E-state index contributed by atoms with van der Waals surface area (Å²) in [5, 5.41) is 21.2. The highest BCUT2D eigenvalue weighted by molar-refractivity contribution is 9.10. The van der Waals surface area contributed by atoms with Gasteiger partial charge in [0.25, 0.3) is 0 Å². The maximum absolute atomic E-state index is 9.30. The Balaban J connectivity index is 2.92. The van der Waals surface area contributed by atoms with Crippen LogP contribution >= 0.6 is 15.9 Å². The number of hydrogen-bond acceptors (Lipinski definition) is 3. The zero-order valence-electron chi connectivity index (χ0n) is 9.84. The first kappa shape index (κ1) is 13.5. The first-order valence-electron chi connectivity index (χ1n) is 5.26. The second-order valence-corrected chi connectivity index (χ2v) is 4.83. The average Bonchev–Trinajstić information content (AvgIpc) is 2.25. The molecule has 0 saturated heterocycles. The van der Waals surface area contributed by atoms with Gasteiger partial charge in [0.2, 0.25) is 0 Å². The molecule has 4 heteroatoms. The van der Waals surface area contributed by atoms with E-state index in [1.807, 2.05) is 13.8 Å². The number of anilines is 1. The minimum Gasteiger partial charge on any atom is -0.394 e. The average molecular weight is 288 g/mol. The maximum Gasteiger partial charge on any atom is 0.0942 e. The molecule has 1 atom stereocenters. The molecule has 0 fully saturated rings. The largest absolute Gasteiger partial charge is 0.394 e. The molecule has 1 unspecified atom stereocenters. The summed E-state index contributed by atoms with van der Waals surface area (Å²) in [6.07, 6.45) is -0.723. The highest BCUT2D eigenvalue weighted by Gasteiger charge is 2.10. The standard InChI is InChI=1S/C12H18BrNO2/c1-7-4-8(2)12(9(3)11(7)13)14-5-10(16)6-15/h4,10,14-16H,5-6H2,1-3H3. The number of aryl methyl sites for hydroxylation is 2. The van der Waals surface area contributed by atoms with Crippen LogP contribution in [0.15, 0.2) is 10.5 Å². The molecule has 0 heterocycles. The Morgan fingerprint density at radius 3 is 2.50 bits per heavy atom. The number of rotatable bonds is 4. The van der Waals surface area contributed by atoms with Crippen LogP contribution in [0, 0.1) is 20.8 Å². The molecule has 1 aromatic rings. The van der Waals surface area contributed by atoms with Gasteiger partial charge in [0.05, 0.1) is 12.7 Å². The Labute approximate surface area is 105 Å². The zero-order valence-corrected chi connectivity index (χ0v) is 11.4. The van der Waals surface area contributed by atoms with Crippen molar-refractivity contribution >= 4 is 21.6 Å². The van der Waals surface area contributed by atoms with Crippen molar-refractivity contribution in [1.29, 1.82) is 0 Å². The first-order valence-corrected chi connectivity index (χ1v) is 6.05. The van der Waals surface area contributed by atoms with E-state index < -0.39 is 6.10 Å². The summed E-state index contributed by atoms with van der Waals surface area (Å²) in [7, 11) is 0. The molecule has 0 aliphatic carbocycles. The molecular weight excluding hydrogens is 270 g/mol. The van der Waals surface area contributed by atoms with Gasteiger partial charge in [-0.3, -0.25) is 0 Å². The summed E-state index contributed by atoms with van der Waals surface area (Å²) < 4.78 is 1.08. The third-order valence-corrected chi connectivity index (χ3v) is 3.82. The van der Waals surface area contributed by atoms with E-state index >= 15 is 0 Å². The molecule has 0 radical (unpaired) electrons. The molecule has 16 heavy (non-hydrogen) atoms. The summed E-state index contributed by atoms with van der Waals surface area (Å²) >= 11 is 3.54. The van der Waals surface area contributed by atoms with E-state index in [-0.39, 0.29) is 6.61 Å². The topological polar surface area (TPSA) is 52.5 Å². The van der Waals surface area contributed by atoms with E-state index in [1.165, 1.54) is 5.56 Å². The second-order valence-electron chi connectivity index (χ2n) is 4.04. The molecule has 3 N–H and O–H groups in total. The Morgan fingerprint density at radius 2 is 1.94 bits per heavy atom. The van der Waals surface area contributed by atoms with Crippen molar-refractivity contribution < 1.29 is 10.2 Å². The lowest BCUT2D eigenvalue weighted by atomic mass is 10.0. The van der Waals surface area contributed by atoms with Gasteiger partial charge < -0.3 is 15.5 Å². The molecule has 0 spiro atoms. The van der Waals surface area contributed by atoms with Crippen LogP contribution in [-0.2, 0) is 0 Å². The zero-order chi connectivity index (χ0) is 12.3. The minimum absolute atomic E-state index is 0.224. The van der Waals surface area contributed by atoms with E-state index in [0.29, 0.717) is 6.54 Å². The fraction of sp³-hybridized carbons (Fsp3) is 0.500. The second kappa shape index (κ2) is 5.66. The molecule has 0 aliphatic rings. The van der Waals surface area contributed by atoms with Gasteiger partial charge in [-0.05, 0) is 37.5 Å². The highest BCUT2D eigenvalue weighted by Crippen LogP contribution is 2.30. The molecular formula is C12H18BrNO2. The third-order valence-electron chi connectivity index (χ3n) is 2.60. The number of aliphatic hydroxyl groups is 2. The molecule has 0 aromatic heterocycles. The number of halogens is 1. The van der Waals surface area contributed by atoms with Gasteiger partial charge in [0.15, 0.2) is 0 Å². The fourth-order valence-electron chi connectivity index (χ4n) is 1.72. The Bertz CT molecular complexity index is 380. The summed E-state index contributed by atoms with van der Waals surface area (Å²) in [4.78, 5) is 0. The number of benzene rings is 1. The van der Waals surface area contributed by atoms with Gasteiger partial charge >= 0.3 is 0 Å². The van der Waals surface area contributed by atoms with Crippen molar-refractivity contribution in [3.05, 3.63) is 27.2 Å². The molecule has 90 valence electrons. The lowest BCUT2D eigenvalue weighted by molar-refractivity contribution is 0.105. The molecule has 0 aliphatic heterocycles. The van der Waals surface area contributed by atoms with Crippen LogP contribution in [0.2, 0.25) is 0 Å². The van der Waals surface area contributed by atoms with E-state index in [2.05, 4.69) is 34.2 Å². The Morgan fingerprint density at radius 1 is 1.31 bits per heavy atom. The molecule has 0 amide bonds. The summed E-state index contributed by atoms with van der Waals surface area (Å²) in [5.74, 6) is 0. The molecule has 1 rings (SSSR count). The van der Waals surface area contributed by atoms with Crippen molar-refractivity contribution in [3.8, 4) is 0 Å². The van der Waals surface area contributed by atoms with Gasteiger partial charge in [0, 0.05) is 16.7 Å². The Kier molecular flexibility index (Phi) is 4.77. The summed E-state index contributed by atoms with van der Waals surface area (Å²) in [6.45, 7) is 6.24. The van der Waals surface area contributed by atoms with E-state index in [9.17, 15) is 5.11 Å². The van der Waals surface area contributed by atoms with Gasteiger partial charge in [-0.1, -0.05) is 22.0 Å². The van der Waals surface area contributed by atoms with Crippen LogP contribution in [0.5, 0.6) is 0 Å². The van der Waals surface area contributed by atoms with Gasteiger partial charge in [-0.2, -0.15) is 0 Å². The van der Waals surface area contributed by atoms with Crippen LogP contribution in [0.1, 0.15) is 16.7 Å². The number of aliphatic hydroxyl groups excluding tert-OH is 2. The van der Waals surface area contributed by atoms with E-state index in [1.54, 1.807) is 0 Å². The molecule has 3 nitrogen and oxygen atoms in total. The van der Waals surface area contributed by atoms with Crippen molar-refractivity contribution in [2.45, 2.75) is 26.9 Å². The van der Waals surface area contributed by atoms with Crippen LogP contribution < -0.4 is 5.32 Å². The lowest BCUT2D eigenvalue weighted by Gasteiger charge is -2.17. The van der Waals surface area contributed by atoms with Crippen LogP contribution in [0.25, 0.3) is 0 Å². The summed E-state index contributed by atoms with van der Waals surface area (Å²) in [5.41, 5.74) is 4.49. The molecule has 0 saturated carbocycles. The minimum atomic E-state index is -0.723. The quantitative estimate of drug-likeness (QED) is 0.795. The Hall–Kier alpha value is -0.580. The van der Waals surface area contributed by atoms with Crippen molar-refractivity contribution in [2.75, 3.05) is 18.5 Å². The number of hydrogen-bond donors (Lipinski definition) is 3. The first-order chi connectivity index (χ1) is 7.47. The van der Waals surface area contributed by atoms with Gasteiger partial charge in [0.1, 0.15) is 0 Å². The van der Waals surface area contributed by atoms with E-state index in [0.717, 1.165) is 21.3 Å². The maximum atomic E-state index is 9.30. The predicted octanol–water partition coefficient (Wildman–Crippen LogP) is 2.14. The van der Waals surface area contributed by atoms with Crippen LogP contribution in [0.4, 0.5) is 5.69 Å². The third kappa shape index (κ3) is 2.97. The fourth-order valence-corrected chi connectivity index (χ4v) is 2.03. The van der Waals surface area contributed by atoms with Crippen LogP contribution in [-0.4, -0.2) is 29.5 Å². The summed E-state index contributed by atoms with van der Waals surface area (Å²) in [6, 6.07) is 2.09. The van der Waals surface area contributed by atoms with Crippen molar-refractivity contribution in [3.63, 3.8) is 0 Å². The van der Waals surface area contributed by atoms with Crippen LogP contribution in [0.3, 0.4) is 0 Å². The highest BCUT2D eigenvalue weighted by atomic mass is 79.9. The van der Waals surface area contributed by atoms with Crippen molar-refractivity contribution in [2.24, 2.45) is 0 Å². The molecule has 0 bridgehead atoms. The monoisotopic (exact) mass is 287 g/mol. The van der Waals surface area contributed by atoms with Crippen molar-refractivity contribution in [1.82, 2.24) is 0 Å². The van der Waals surface area contributed by atoms with E-state index in [4.69, 9.17) is 5.11 Å². The lowest BCUT2D eigenvalue weighted by Crippen LogP contribution is -2.23. The normalized spacial score (nSPS) is 12.6. The smallest absolute Gasteiger partial charge is 0.0942 e. The SMILES string of the molecule is Cc1cc(C)c(NCC(O)CO)c(C)c1Br. The number of nitrogens with one attached hydrogen (secondary N) is 1. The van der Waals surface area contributed by atoms with Gasteiger partial charge in [-0.25, -0.2) is 0 Å². The predicted molar refractivity (Wildman–Crippen MR) is 69.9 cm³/mol. The molecule has 1 aromatic carbocycles. The van der Waals surface area contributed by atoms with Gasteiger partial charge in [-0.15, -0.1) is 0 Å².